The van der Waals surface area contributed by atoms with Crippen molar-refractivity contribution in [1.82, 2.24) is 10.5 Å². The first-order chi connectivity index (χ1) is 10.6. The van der Waals surface area contributed by atoms with Crippen LogP contribution in [0.5, 0.6) is 0 Å². The molecule has 0 aliphatic heterocycles. The third-order valence-corrected chi connectivity index (χ3v) is 3.17. The molecule has 6 heteroatoms. The highest BCUT2D eigenvalue weighted by Crippen LogP contribution is 2.14. The summed E-state index contributed by atoms with van der Waals surface area (Å²) in [5, 5.41) is 6.64. The molecular weight excluding hydrogens is 282 g/mol. The second-order valence-corrected chi connectivity index (χ2v) is 4.98. The summed E-state index contributed by atoms with van der Waals surface area (Å²) in [7, 11) is 0. The molecule has 0 saturated heterocycles. The summed E-state index contributed by atoms with van der Waals surface area (Å²) in [6.07, 6.45) is 0.207. The van der Waals surface area contributed by atoms with Crippen molar-refractivity contribution >= 4 is 17.6 Å². The molecule has 6 nitrogen and oxygen atoms in total. The van der Waals surface area contributed by atoms with Gasteiger partial charge < -0.3 is 9.84 Å². The maximum Gasteiger partial charge on any atom is 0.225 e. The third kappa shape index (κ3) is 4.44. The molecule has 0 saturated carbocycles. The Labute approximate surface area is 129 Å². The average Bonchev–Trinajstić information content (AvgIpc) is 2.92. The molecule has 1 N–H and O–H groups in total. The van der Waals surface area contributed by atoms with Crippen LogP contribution in [-0.2, 0) is 16.1 Å². The summed E-state index contributed by atoms with van der Waals surface area (Å²) >= 11 is 0. The highest BCUT2D eigenvalue weighted by atomic mass is 16.5. The summed E-state index contributed by atoms with van der Waals surface area (Å²) < 4.78 is 4.96. The predicted molar refractivity (Wildman–Crippen MR) is 82.2 cm³/mol. The lowest BCUT2D eigenvalue weighted by molar-refractivity contribution is -0.121. The van der Waals surface area contributed by atoms with Crippen LogP contribution in [-0.4, -0.2) is 23.5 Å². The highest BCUT2D eigenvalue weighted by Gasteiger charge is 2.16. The molecule has 0 bridgehead atoms. The number of nitrogens with zero attached hydrogens (tertiary/aromatic N) is 2. The van der Waals surface area contributed by atoms with Crippen LogP contribution in [0.4, 0.5) is 5.82 Å². The summed E-state index contributed by atoms with van der Waals surface area (Å²) in [5.74, 6) is 0.759. The van der Waals surface area contributed by atoms with Gasteiger partial charge >= 0.3 is 0 Å². The first-order valence-electron chi connectivity index (χ1n) is 7.08. The van der Waals surface area contributed by atoms with Crippen molar-refractivity contribution in [1.29, 1.82) is 0 Å². The van der Waals surface area contributed by atoms with Gasteiger partial charge in [0.25, 0.3) is 0 Å². The Bertz CT molecular complexity index is 637. The number of hydrogen-bond acceptors (Lipinski definition) is 4. The van der Waals surface area contributed by atoms with Gasteiger partial charge in [0, 0.05) is 32.5 Å². The van der Waals surface area contributed by atoms with Gasteiger partial charge in [-0.15, -0.1) is 0 Å². The maximum absolute atomic E-state index is 11.9. The van der Waals surface area contributed by atoms with E-state index in [4.69, 9.17) is 4.52 Å². The first-order valence-corrected chi connectivity index (χ1v) is 7.08. The molecule has 0 spiro atoms. The molecule has 2 aromatic rings. The minimum absolute atomic E-state index is 0.115. The lowest BCUT2D eigenvalue weighted by Crippen LogP contribution is -2.33. The van der Waals surface area contributed by atoms with Gasteiger partial charge in [0.2, 0.25) is 11.8 Å². The Morgan fingerprint density at radius 3 is 2.59 bits per heavy atom. The number of amides is 2. The highest BCUT2D eigenvalue weighted by molar-refractivity contribution is 5.91. The van der Waals surface area contributed by atoms with E-state index in [1.54, 1.807) is 13.0 Å². The molecule has 0 atom stereocenters. The van der Waals surface area contributed by atoms with Crippen LogP contribution in [0, 0.1) is 6.92 Å². The van der Waals surface area contributed by atoms with E-state index in [1.807, 2.05) is 30.3 Å². The molecule has 0 unspecified atom stereocenters. The van der Waals surface area contributed by atoms with E-state index in [2.05, 4.69) is 10.5 Å². The van der Waals surface area contributed by atoms with Crippen LogP contribution in [0.3, 0.4) is 0 Å². The Morgan fingerprint density at radius 2 is 2.00 bits per heavy atom. The molecule has 1 heterocycles. The standard InChI is InChI=1S/C16H19N3O3/c1-12-10-15(18-22-12)19(13(2)20)9-8-16(21)17-11-14-6-4-3-5-7-14/h3-7,10H,8-9,11H2,1-2H3,(H,17,21). The van der Waals surface area contributed by atoms with Crippen LogP contribution < -0.4 is 10.2 Å². The quantitative estimate of drug-likeness (QED) is 0.886. The largest absolute Gasteiger partial charge is 0.360 e. The van der Waals surface area contributed by atoms with Gasteiger partial charge in [0.1, 0.15) is 5.76 Å². The van der Waals surface area contributed by atoms with Crippen LogP contribution in [0.1, 0.15) is 24.7 Å². The van der Waals surface area contributed by atoms with Crippen molar-refractivity contribution in [3.05, 3.63) is 47.7 Å². The molecule has 0 aliphatic rings. The number of benzene rings is 1. The van der Waals surface area contributed by atoms with E-state index in [0.717, 1.165) is 5.56 Å². The van der Waals surface area contributed by atoms with Crippen LogP contribution in [0.25, 0.3) is 0 Å². The summed E-state index contributed by atoms with van der Waals surface area (Å²) in [6.45, 7) is 3.93. The van der Waals surface area contributed by atoms with E-state index < -0.39 is 0 Å². The van der Waals surface area contributed by atoms with Crippen molar-refractivity contribution in [2.24, 2.45) is 0 Å². The molecule has 2 amide bonds. The van der Waals surface area contributed by atoms with Crippen LogP contribution in [0.2, 0.25) is 0 Å². The number of hydrogen-bond donors (Lipinski definition) is 1. The monoisotopic (exact) mass is 301 g/mol. The molecule has 1 aromatic carbocycles. The zero-order valence-corrected chi connectivity index (χ0v) is 12.7. The fourth-order valence-electron chi connectivity index (χ4n) is 2.01. The minimum atomic E-state index is -0.177. The Morgan fingerprint density at radius 1 is 1.27 bits per heavy atom. The number of carbonyl (C=O) groups is 2. The van der Waals surface area contributed by atoms with Gasteiger partial charge in [0.05, 0.1) is 0 Å². The number of carbonyl (C=O) groups excluding carboxylic acids is 2. The van der Waals surface area contributed by atoms with Gasteiger partial charge in [-0.05, 0) is 12.5 Å². The van der Waals surface area contributed by atoms with E-state index in [1.165, 1.54) is 11.8 Å². The number of aryl methyl sites for hydroxylation is 1. The van der Waals surface area contributed by atoms with Crippen molar-refractivity contribution < 1.29 is 14.1 Å². The SMILES string of the molecule is CC(=O)N(CCC(=O)NCc1ccccc1)c1cc(C)on1. The van der Waals surface area contributed by atoms with Gasteiger partial charge in [-0.25, -0.2) is 0 Å². The number of aromatic nitrogens is 1. The number of anilines is 1. The van der Waals surface area contributed by atoms with E-state index in [0.29, 0.717) is 18.1 Å². The lowest BCUT2D eigenvalue weighted by Gasteiger charge is -2.17. The molecular formula is C16H19N3O3. The van der Waals surface area contributed by atoms with Crippen molar-refractivity contribution in [2.45, 2.75) is 26.8 Å². The lowest BCUT2D eigenvalue weighted by atomic mass is 10.2. The summed E-state index contributed by atoms with van der Waals surface area (Å²) in [6, 6.07) is 11.3. The Kier molecular flexibility index (Phi) is 5.30. The molecule has 0 radical (unpaired) electrons. The molecule has 116 valence electrons. The normalized spacial score (nSPS) is 10.3. The molecule has 0 aliphatic carbocycles. The van der Waals surface area contributed by atoms with Crippen molar-refractivity contribution in [3.63, 3.8) is 0 Å². The molecule has 2 rings (SSSR count). The average molecular weight is 301 g/mol. The van der Waals surface area contributed by atoms with Crippen molar-refractivity contribution in [3.8, 4) is 0 Å². The predicted octanol–water partition coefficient (Wildman–Crippen LogP) is 2.04. The Hall–Kier alpha value is -2.63. The third-order valence-electron chi connectivity index (χ3n) is 3.17. The van der Waals surface area contributed by atoms with Gasteiger partial charge in [-0.1, -0.05) is 35.5 Å². The Balaban J connectivity index is 1.84. The fraction of sp³-hybridized carbons (Fsp3) is 0.312. The van der Waals surface area contributed by atoms with E-state index >= 15 is 0 Å². The number of rotatable bonds is 6. The second-order valence-electron chi connectivity index (χ2n) is 4.98. The number of nitrogens with one attached hydrogen (secondary N) is 1. The van der Waals surface area contributed by atoms with Crippen LogP contribution in [0.15, 0.2) is 40.9 Å². The molecule has 22 heavy (non-hydrogen) atoms. The zero-order chi connectivity index (χ0) is 15.9. The molecule has 1 aromatic heterocycles. The minimum Gasteiger partial charge on any atom is -0.360 e. The summed E-state index contributed by atoms with van der Waals surface area (Å²) in [4.78, 5) is 25.0. The van der Waals surface area contributed by atoms with Crippen LogP contribution >= 0.6 is 0 Å². The van der Waals surface area contributed by atoms with Gasteiger partial charge in [-0.2, -0.15) is 0 Å². The topological polar surface area (TPSA) is 75.4 Å². The van der Waals surface area contributed by atoms with Crippen molar-refractivity contribution in [2.75, 3.05) is 11.4 Å². The first kappa shape index (κ1) is 15.8. The smallest absolute Gasteiger partial charge is 0.225 e. The molecule has 0 fully saturated rings. The van der Waals surface area contributed by atoms with Gasteiger partial charge in [0.15, 0.2) is 5.82 Å². The van der Waals surface area contributed by atoms with E-state index in [-0.39, 0.29) is 24.8 Å². The maximum atomic E-state index is 11.9. The summed E-state index contributed by atoms with van der Waals surface area (Å²) in [5.41, 5.74) is 1.03. The van der Waals surface area contributed by atoms with E-state index in [9.17, 15) is 9.59 Å². The van der Waals surface area contributed by atoms with Gasteiger partial charge in [-0.3, -0.25) is 14.5 Å². The fourth-order valence-corrected chi connectivity index (χ4v) is 2.01. The zero-order valence-electron chi connectivity index (χ0n) is 12.7. The second kappa shape index (κ2) is 7.40.